The van der Waals surface area contributed by atoms with Gasteiger partial charge in [-0.25, -0.2) is 4.68 Å². The van der Waals surface area contributed by atoms with Crippen LogP contribution in [-0.4, -0.2) is 23.1 Å². The van der Waals surface area contributed by atoms with Crippen molar-refractivity contribution in [2.24, 2.45) is 12.2 Å². The zero-order valence-corrected chi connectivity index (χ0v) is 16.9. The second kappa shape index (κ2) is 8.97. The SMILES string of the molecule is C=C(C)Oc1ccc(Oc2ccc(Oc3c(/C=N/OC)c(C)nn3C)cc2)cc1. The van der Waals surface area contributed by atoms with E-state index in [1.54, 1.807) is 17.8 Å². The van der Waals surface area contributed by atoms with Gasteiger partial charge < -0.3 is 19.0 Å². The van der Waals surface area contributed by atoms with Crippen LogP contribution >= 0.6 is 0 Å². The fourth-order valence-electron chi connectivity index (χ4n) is 2.63. The molecule has 0 amide bonds. The molecule has 0 aliphatic heterocycles. The number of benzene rings is 2. The number of ether oxygens (including phenoxy) is 3. The largest absolute Gasteiger partial charge is 0.463 e. The smallest absolute Gasteiger partial charge is 0.226 e. The predicted octanol–water partition coefficient (Wildman–Crippen LogP) is 5.21. The van der Waals surface area contributed by atoms with Gasteiger partial charge in [-0.15, -0.1) is 0 Å². The molecule has 0 spiro atoms. The van der Waals surface area contributed by atoms with Gasteiger partial charge in [0.2, 0.25) is 5.88 Å². The van der Waals surface area contributed by atoms with Gasteiger partial charge in [0.05, 0.1) is 23.2 Å². The zero-order chi connectivity index (χ0) is 20.8. The van der Waals surface area contributed by atoms with Crippen molar-refractivity contribution in [1.29, 1.82) is 0 Å². The Hall–Kier alpha value is -3.74. The van der Waals surface area contributed by atoms with E-state index < -0.39 is 0 Å². The summed E-state index contributed by atoms with van der Waals surface area (Å²) in [4.78, 5) is 4.76. The minimum Gasteiger partial charge on any atom is -0.463 e. The molecule has 3 rings (SSSR count). The molecule has 0 aliphatic carbocycles. The van der Waals surface area contributed by atoms with Crippen molar-refractivity contribution >= 4 is 6.21 Å². The molecular weight excluding hydrogens is 370 g/mol. The molecule has 7 nitrogen and oxygen atoms in total. The van der Waals surface area contributed by atoms with Gasteiger partial charge in [0, 0.05) is 7.05 Å². The summed E-state index contributed by atoms with van der Waals surface area (Å²) in [6.07, 6.45) is 1.58. The second-order valence-electron chi connectivity index (χ2n) is 6.30. The van der Waals surface area contributed by atoms with Crippen molar-refractivity contribution in [2.45, 2.75) is 13.8 Å². The lowest BCUT2D eigenvalue weighted by Crippen LogP contribution is -1.97. The quantitative estimate of drug-likeness (QED) is 0.299. The zero-order valence-electron chi connectivity index (χ0n) is 16.9. The predicted molar refractivity (Wildman–Crippen MR) is 111 cm³/mol. The molecular formula is C22H23N3O4. The molecule has 0 aliphatic rings. The first-order valence-corrected chi connectivity index (χ1v) is 8.95. The van der Waals surface area contributed by atoms with Gasteiger partial charge >= 0.3 is 0 Å². The number of rotatable bonds is 8. The fraction of sp³-hybridized carbons (Fsp3) is 0.182. The topological polar surface area (TPSA) is 67.1 Å². The number of aromatic nitrogens is 2. The maximum absolute atomic E-state index is 5.99. The number of oxime groups is 1. The average molecular weight is 393 g/mol. The molecule has 1 heterocycles. The Morgan fingerprint density at radius 3 is 2.00 bits per heavy atom. The van der Waals surface area contributed by atoms with Crippen molar-refractivity contribution in [3.63, 3.8) is 0 Å². The molecule has 7 heteroatoms. The van der Waals surface area contributed by atoms with E-state index in [2.05, 4.69) is 16.8 Å². The first-order valence-electron chi connectivity index (χ1n) is 8.95. The second-order valence-corrected chi connectivity index (χ2v) is 6.30. The van der Waals surface area contributed by atoms with E-state index in [0.29, 0.717) is 34.6 Å². The molecule has 0 fully saturated rings. The lowest BCUT2D eigenvalue weighted by Gasteiger charge is -2.10. The lowest BCUT2D eigenvalue weighted by atomic mass is 10.2. The van der Waals surface area contributed by atoms with Gasteiger partial charge in [0.25, 0.3) is 0 Å². The third-order valence-electron chi connectivity index (χ3n) is 3.89. The Kier molecular flexibility index (Phi) is 6.19. The van der Waals surface area contributed by atoms with Crippen molar-refractivity contribution in [1.82, 2.24) is 9.78 Å². The molecule has 0 atom stereocenters. The fourth-order valence-corrected chi connectivity index (χ4v) is 2.63. The molecule has 1 aromatic heterocycles. The van der Waals surface area contributed by atoms with Crippen molar-refractivity contribution in [3.05, 3.63) is 72.1 Å². The Bertz CT molecular complexity index is 1010. The van der Waals surface area contributed by atoms with Crippen LogP contribution in [0.5, 0.6) is 28.9 Å². The summed E-state index contributed by atoms with van der Waals surface area (Å²) in [6, 6.07) is 14.6. The summed E-state index contributed by atoms with van der Waals surface area (Å²) in [7, 11) is 3.30. The molecule has 3 aromatic rings. The number of aryl methyl sites for hydroxylation is 2. The minimum absolute atomic E-state index is 0.574. The number of hydrogen-bond acceptors (Lipinski definition) is 6. The van der Waals surface area contributed by atoms with Gasteiger partial charge in [0.1, 0.15) is 30.1 Å². The van der Waals surface area contributed by atoms with Crippen LogP contribution in [0.15, 0.2) is 66.0 Å². The van der Waals surface area contributed by atoms with Crippen LogP contribution < -0.4 is 14.2 Å². The number of nitrogens with zero attached hydrogens (tertiary/aromatic N) is 3. The normalized spacial score (nSPS) is 10.8. The third-order valence-corrected chi connectivity index (χ3v) is 3.89. The summed E-state index contributed by atoms with van der Waals surface area (Å²) >= 11 is 0. The van der Waals surface area contributed by atoms with Crippen LogP contribution in [0.4, 0.5) is 0 Å². The molecule has 150 valence electrons. The maximum atomic E-state index is 5.99. The molecule has 0 radical (unpaired) electrons. The first kappa shape index (κ1) is 20.0. The highest BCUT2D eigenvalue weighted by molar-refractivity contribution is 5.84. The molecule has 0 saturated heterocycles. The Morgan fingerprint density at radius 1 is 0.966 bits per heavy atom. The molecule has 0 bridgehead atoms. The van der Waals surface area contributed by atoms with Crippen LogP contribution in [0.1, 0.15) is 18.2 Å². The molecule has 0 saturated carbocycles. The highest BCUT2D eigenvalue weighted by atomic mass is 16.6. The Morgan fingerprint density at radius 2 is 1.48 bits per heavy atom. The molecule has 2 aromatic carbocycles. The van der Waals surface area contributed by atoms with Crippen LogP contribution in [0.3, 0.4) is 0 Å². The van der Waals surface area contributed by atoms with Crippen LogP contribution in [0.2, 0.25) is 0 Å². The molecule has 29 heavy (non-hydrogen) atoms. The Labute approximate surface area is 169 Å². The summed E-state index contributed by atoms with van der Waals surface area (Å²) in [5.74, 6) is 3.96. The van der Waals surface area contributed by atoms with Gasteiger partial charge in [0.15, 0.2) is 0 Å². The highest BCUT2D eigenvalue weighted by Crippen LogP contribution is 2.29. The van der Waals surface area contributed by atoms with E-state index in [-0.39, 0.29) is 0 Å². The minimum atomic E-state index is 0.574. The maximum Gasteiger partial charge on any atom is 0.226 e. The van der Waals surface area contributed by atoms with Gasteiger partial charge in [-0.2, -0.15) is 5.10 Å². The van der Waals surface area contributed by atoms with E-state index in [9.17, 15) is 0 Å². The summed E-state index contributed by atoms with van der Waals surface area (Å²) in [6.45, 7) is 7.40. The van der Waals surface area contributed by atoms with Crippen LogP contribution in [0, 0.1) is 6.92 Å². The Balaban J connectivity index is 1.70. The van der Waals surface area contributed by atoms with Gasteiger partial charge in [-0.1, -0.05) is 11.7 Å². The van der Waals surface area contributed by atoms with E-state index in [0.717, 1.165) is 11.3 Å². The monoisotopic (exact) mass is 393 g/mol. The van der Waals surface area contributed by atoms with E-state index in [1.165, 1.54) is 7.11 Å². The number of allylic oxidation sites excluding steroid dienone is 1. The van der Waals surface area contributed by atoms with Crippen molar-refractivity contribution in [3.8, 4) is 28.9 Å². The van der Waals surface area contributed by atoms with E-state index in [4.69, 9.17) is 19.0 Å². The van der Waals surface area contributed by atoms with E-state index >= 15 is 0 Å². The van der Waals surface area contributed by atoms with Crippen molar-refractivity contribution in [2.75, 3.05) is 7.11 Å². The van der Waals surface area contributed by atoms with E-state index in [1.807, 2.05) is 62.5 Å². The van der Waals surface area contributed by atoms with Gasteiger partial charge in [-0.3, -0.25) is 0 Å². The average Bonchev–Trinajstić information content (AvgIpc) is 2.95. The van der Waals surface area contributed by atoms with Crippen LogP contribution in [0.25, 0.3) is 0 Å². The standard InChI is InChI=1S/C22H23N3O4/c1-15(2)27-17-6-8-18(9-7-17)28-19-10-12-20(13-11-19)29-22-21(14-23-26-5)16(3)24-25(22)4/h6-14H,1H2,2-5H3/b23-14+. The third kappa shape index (κ3) is 5.16. The van der Waals surface area contributed by atoms with Crippen LogP contribution in [-0.2, 0) is 11.9 Å². The summed E-state index contributed by atoms with van der Waals surface area (Å²) in [5, 5.41) is 8.17. The highest BCUT2D eigenvalue weighted by Gasteiger charge is 2.14. The lowest BCUT2D eigenvalue weighted by molar-refractivity contribution is 0.215. The van der Waals surface area contributed by atoms with Gasteiger partial charge in [-0.05, 0) is 62.4 Å². The number of hydrogen-bond donors (Lipinski definition) is 0. The molecule has 0 unspecified atom stereocenters. The van der Waals surface area contributed by atoms with Crippen molar-refractivity contribution < 1.29 is 19.0 Å². The first-order chi connectivity index (χ1) is 14.0. The molecule has 0 N–H and O–H groups in total. The summed E-state index contributed by atoms with van der Waals surface area (Å²) < 4.78 is 19.0. The summed E-state index contributed by atoms with van der Waals surface area (Å²) in [5.41, 5.74) is 1.55.